The Morgan fingerprint density at radius 1 is 1.18 bits per heavy atom. The van der Waals surface area contributed by atoms with E-state index in [1.165, 1.54) is 0 Å². The molecule has 1 aromatic heterocycles. The molecule has 1 atom stereocenters. The number of carbonyl (C=O) groups is 1. The van der Waals surface area contributed by atoms with Crippen LogP contribution in [0.15, 0.2) is 59.7 Å². The maximum atomic E-state index is 12.6. The fraction of sp³-hybridized carbons (Fsp3) is 0.222. The Kier molecular flexibility index (Phi) is 6.59. The van der Waals surface area contributed by atoms with Gasteiger partial charge < -0.3 is 14.2 Å². The van der Waals surface area contributed by atoms with Crippen LogP contribution in [0.1, 0.15) is 38.9 Å². The van der Waals surface area contributed by atoms with Crippen molar-refractivity contribution in [1.82, 2.24) is 30.5 Å². The van der Waals surface area contributed by atoms with Crippen molar-refractivity contribution in [3.05, 3.63) is 87.7 Å². The Morgan fingerprint density at radius 2 is 1.97 bits per heavy atom. The average molecular weight is 546 g/mol. The van der Waals surface area contributed by atoms with Crippen LogP contribution in [0.5, 0.6) is 17.2 Å². The molecule has 0 saturated heterocycles. The summed E-state index contributed by atoms with van der Waals surface area (Å²) in [6.45, 7) is 0.947. The van der Waals surface area contributed by atoms with Crippen molar-refractivity contribution in [1.29, 1.82) is 0 Å². The highest BCUT2D eigenvalue weighted by Crippen LogP contribution is 2.50. The van der Waals surface area contributed by atoms with E-state index in [1.807, 2.05) is 25.2 Å². The number of aromatic nitrogens is 4. The van der Waals surface area contributed by atoms with Gasteiger partial charge in [-0.3, -0.25) is 9.69 Å². The number of hydrazone groups is 1. The number of methoxy groups -OCH3 is 1. The number of fused-ring (bicyclic) bond motifs is 2. The minimum Gasteiger partial charge on any atom is -0.492 e. The summed E-state index contributed by atoms with van der Waals surface area (Å²) in [4.78, 5) is 14.8. The van der Waals surface area contributed by atoms with Gasteiger partial charge in [0.05, 0.1) is 19.0 Å². The molecule has 3 heterocycles. The first-order valence-electron chi connectivity index (χ1n) is 12.2. The lowest BCUT2D eigenvalue weighted by molar-refractivity contribution is 0.0955. The number of nitrogens with one attached hydrogen (secondary N) is 1. The van der Waals surface area contributed by atoms with E-state index in [2.05, 4.69) is 31.0 Å². The second-order valence-electron chi connectivity index (χ2n) is 9.10. The predicted molar refractivity (Wildman–Crippen MR) is 143 cm³/mol. The molecule has 1 unspecified atom stereocenters. The van der Waals surface area contributed by atoms with Gasteiger partial charge in [0.25, 0.3) is 5.91 Å². The molecule has 11 nitrogen and oxygen atoms in total. The quantitative estimate of drug-likeness (QED) is 0.289. The maximum Gasteiger partial charge on any atom is 0.271 e. The van der Waals surface area contributed by atoms with Crippen LogP contribution in [-0.2, 0) is 6.42 Å². The first kappa shape index (κ1) is 24.8. The van der Waals surface area contributed by atoms with Crippen LogP contribution >= 0.6 is 11.6 Å². The zero-order chi connectivity index (χ0) is 26.9. The van der Waals surface area contributed by atoms with E-state index in [0.717, 1.165) is 29.7 Å². The van der Waals surface area contributed by atoms with E-state index in [4.69, 9.17) is 25.8 Å². The molecule has 4 aromatic rings. The van der Waals surface area contributed by atoms with Gasteiger partial charge in [0.15, 0.2) is 17.3 Å². The van der Waals surface area contributed by atoms with Gasteiger partial charge in [0.1, 0.15) is 6.04 Å². The molecule has 0 bridgehead atoms. The second-order valence-corrected chi connectivity index (χ2v) is 9.53. The molecule has 1 amide bonds. The lowest BCUT2D eigenvalue weighted by atomic mass is 9.90. The van der Waals surface area contributed by atoms with E-state index in [9.17, 15) is 4.79 Å². The first-order valence-corrected chi connectivity index (χ1v) is 12.6. The van der Waals surface area contributed by atoms with Crippen LogP contribution < -0.4 is 19.6 Å². The Labute approximate surface area is 228 Å². The van der Waals surface area contributed by atoms with Crippen molar-refractivity contribution < 1.29 is 19.0 Å². The topological polar surface area (TPSA) is 116 Å². The van der Waals surface area contributed by atoms with Crippen molar-refractivity contribution >= 4 is 23.7 Å². The van der Waals surface area contributed by atoms with E-state index >= 15 is 0 Å². The molecule has 12 heteroatoms. The number of likely N-dealkylation sites (N-methyl/N-ethyl adjacent to an activating group) is 1. The van der Waals surface area contributed by atoms with Crippen LogP contribution in [0.2, 0.25) is 5.02 Å². The highest BCUT2D eigenvalue weighted by Gasteiger charge is 2.37. The average Bonchev–Trinajstić information content (AvgIpc) is 3.63. The third-order valence-corrected chi connectivity index (χ3v) is 7.01. The molecule has 0 saturated carbocycles. The van der Waals surface area contributed by atoms with E-state index < -0.39 is 0 Å². The largest absolute Gasteiger partial charge is 0.492 e. The molecule has 2 aliphatic heterocycles. The van der Waals surface area contributed by atoms with Crippen LogP contribution in [0.4, 0.5) is 0 Å². The van der Waals surface area contributed by atoms with Crippen molar-refractivity contribution in [3.8, 4) is 22.9 Å². The monoisotopic (exact) mass is 545 g/mol. The van der Waals surface area contributed by atoms with Crippen molar-refractivity contribution in [2.45, 2.75) is 12.5 Å². The highest BCUT2D eigenvalue weighted by atomic mass is 35.5. The summed E-state index contributed by atoms with van der Waals surface area (Å²) in [5, 5.41) is 17.3. The lowest BCUT2D eigenvalue weighted by Crippen LogP contribution is -2.35. The van der Waals surface area contributed by atoms with Gasteiger partial charge in [-0.1, -0.05) is 23.7 Å². The number of hydrogen-bond acceptors (Lipinski definition) is 9. The van der Waals surface area contributed by atoms with Crippen LogP contribution in [0, 0.1) is 0 Å². The zero-order valence-corrected chi connectivity index (χ0v) is 21.9. The summed E-state index contributed by atoms with van der Waals surface area (Å²) in [6, 6.07) is 15.8. The van der Waals surface area contributed by atoms with Crippen LogP contribution in [0.25, 0.3) is 5.69 Å². The minimum atomic E-state index is -0.342. The summed E-state index contributed by atoms with van der Waals surface area (Å²) in [6.07, 6.45) is 2.37. The summed E-state index contributed by atoms with van der Waals surface area (Å²) in [5.74, 6) is 2.16. The molecule has 2 aliphatic rings. The van der Waals surface area contributed by atoms with Gasteiger partial charge in [-0.2, -0.15) is 9.78 Å². The van der Waals surface area contributed by atoms with Gasteiger partial charge in [-0.05, 0) is 77.5 Å². The van der Waals surface area contributed by atoms with Crippen LogP contribution in [0.3, 0.4) is 0 Å². The maximum absolute atomic E-state index is 12.6. The van der Waals surface area contributed by atoms with Gasteiger partial charge in [0, 0.05) is 22.7 Å². The third kappa shape index (κ3) is 4.66. The smallest absolute Gasteiger partial charge is 0.271 e. The summed E-state index contributed by atoms with van der Waals surface area (Å²) >= 11 is 5.90. The molecular formula is C27H24ClN7O4. The van der Waals surface area contributed by atoms with Gasteiger partial charge in [-0.15, -0.1) is 5.10 Å². The van der Waals surface area contributed by atoms with Gasteiger partial charge in [-0.25, -0.2) is 5.43 Å². The van der Waals surface area contributed by atoms with Crippen molar-refractivity contribution in [2.75, 3.05) is 27.5 Å². The Balaban J connectivity index is 1.26. The third-order valence-electron chi connectivity index (χ3n) is 6.76. The highest BCUT2D eigenvalue weighted by molar-refractivity contribution is 6.30. The van der Waals surface area contributed by atoms with E-state index in [-0.39, 0.29) is 18.7 Å². The summed E-state index contributed by atoms with van der Waals surface area (Å²) in [5.41, 5.74) is 6.54. The van der Waals surface area contributed by atoms with Gasteiger partial charge >= 0.3 is 0 Å². The standard InChI is InChI=1S/C27H24ClN7O4/c1-34-12-11-18-13-21-24(39-15-38-21)25(37-2)22(18)23(34)26-30-32-33-35(26)20-9-5-17(6-10-20)27(36)31-29-14-16-3-7-19(28)8-4-16/h3-10,13-14,23H,11-12,15H2,1-2H3,(H,31,36)/b29-14+. The fourth-order valence-corrected chi connectivity index (χ4v) is 4.97. The number of ether oxygens (including phenoxy) is 3. The minimum absolute atomic E-state index is 0.152. The van der Waals surface area contributed by atoms with Gasteiger partial charge in [0.2, 0.25) is 12.5 Å². The number of halogens is 1. The van der Waals surface area contributed by atoms with Crippen molar-refractivity contribution in [3.63, 3.8) is 0 Å². The lowest BCUT2D eigenvalue weighted by Gasteiger charge is -2.34. The molecular weight excluding hydrogens is 522 g/mol. The summed E-state index contributed by atoms with van der Waals surface area (Å²) in [7, 11) is 3.64. The molecule has 0 aliphatic carbocycles. The zero-order valence-electron chi connectivity index (χ0n) is 21.2. The van der Waals surface area contributed by atoms with Crippen molar-refractivity contribution in [2.24, 2.45) is 5.10 Å². The van der Waals surface area contributed by atoms with E-state index in [1.54, 1.807) is 54.4 Å². The molecule has 0 spiro atoms. The first-order chi connectivity index (χ1) is 19.0. The SMILES string of the molecule is COc1c2c(cc3c1C(c1nnnn1-c1ccc(C(=O)N/N=C/c4ccc(Cl)cc4)cc1)N(C)CC3)OCO2. The molecule has 39 heavy (non-hydrogen) atoms. The number of hydrogen-bond donors (Lipinski definition) is 1. The molecule has 6 rings (SSSR count). The fourth-order valence-electron chi connectivity index (χ4n) is 4.84. The number of rotatable bonds is 6. The number of carbonyl (C=O) groups excluding carboxylic acids is 1. The number of benzene rings is 3. The molecule has 198 valence electrons. The molecule has 0 fully saturated rings. The molecule has 1 N–H and O–H groups in total. The Bertz CT molecular complexity index is 1550. The van der Waals surface area contributed by atoms with Crippen LogP contribution in [-0.4, -0.2) is 64.7 Å². The van der Waals surface area contributed by atoms with E-state index in [0.29, 0.717) is 39.3 Å². The number of nitrogens with zero attached hydrogens (tertiary/aromatic N) is 6. The summed E-state index contributed by atoms with van der Waals surface area (Å²) < 4.78 is 18.8. The molecule has 3 aromatic carbocycles. The normalized spacial score (nSPS) is 16.3. The molecule has 0 radical (unpaired) electrons. The predicted octanol–water partition coefficient (Wildman–Crippen LogP) is 3.39. The Morgan fingerprint density at radius 3 is 2.74 bits per heavy atom. The second kappa shape index (κ2) is 10.4. The number of tetrazole rings is 1. The number of amides is 1. The Hall–Kier alpha value is -4.48.